The number of amides is 1. The number of carboxylic acids is 1. The van der Waals surface area contributed by atoms with Gasteiger partial charge in [0.15, 0.2) is 11.2 Å². The van der Waals surface area contributed by atoms with Crippen LogP contribution in [0.4, 0.5) is 5.95 Å². The van der Waals surface area contributed by atoms with Gasteiger partial charge in [0.25, 0.3) is 5.56 Å². The fraction of sp³-hybridized carbons (Fsp3) is 0.269. The highest BCUT2D eigenvalue weighted by Gasteiger charge is 2.38. The van der Waals surface area contributed by atoms with Crippen LogP contribution >= 0.6 is 0 Å². The Labute approximate surface area is 211 Å². The second-order valence-corrected chi connectivity index (χ2v) is 9.27. The van der Waals surface area contributed by atoms with Crippen LogP contribution in [-0.4, -0.2) is 59.0 Å². The summed E-state index contributed by atoms with van der Waals surface area (Å²) in [6.07, 6.45) is 1.71. The van der Waals surface area contributed by atoms with Gasteiger partial charge in [-0.1, -0.05) is 24.3 Å². The molecule has 0 aliphatic carbocycles. The average molecular weight is 503 g/mol. The standard InChI is InChI=1S/C26H26N6O5/c1-13-7-17(33)8-14(2)18(13)10-19(29-26-30-22-21(23(34)31-26)27-12-28-22)24(35)32-11-16-6-4-3-5-15(16)9-20(32)25(36)37/h3-8,12,19-20,33H,9-11H2,1-2H3,(H,36,37)(H3,27,28,29,30,31,34)/t19-,20?/m0/s1. The Bertz CT molecular complexity index is 1550. The van der Waals surface area contributed by atoms with Crippen LogP contribution in [0.15, 0.2) is 47.5 Å². The van der Waals surface area contributed by atoms with Gasteiger partial charge in [-0.15, -0.1) is 0 Å². The zero-order valence-corrected chi connectivity index (χ0v) is 20.3. The van der Waals surface area contributed by atoms with Gasteiger partial charge in [-0.05, 0) is 53.8 Å². The monoisotopic (exact) mass is 502 g/mol. The molecule has 2 atom stereocenters. The zero-order valence-electron chi connectivity index (χ0n) is 20.3. The molecule has 1 aliphatic rings. The van der Waals surface area contributed by atoms with Crippen LogP contribution in [0.1, 0.15) is 27.8 Å². The maximum atomic E-state index is 14.0. The first kappa shape index (κ1) is 24.0. The number of H-pyrrole nitrogens is 2. The van der Waals surface area contributed by atoms with E-state index in [1.807, 2.05) is 38.1 Å². The summed E-state index contributed by atoms with van der Waals surface area (Å²) in [4.78, 5) is 53.8. The Balaban J connectivity index is 1.55. The lowest BCUT2D eigenvalue weighted by atomic mass is 9.91. The minimum Gasteiger partial charge on any atom is -0.508 e. The van der Waals surface area contributed by atoms with Crippen LogP contribution in [0.5, 0.6) is 5.75 Å². The Hall–Kier alpha value is -4.67. The molecule has 5 N–H and O–H groups in total. The van der Waals surface area contributed by atoms with Crippen molar-refractivity contribution in [2.45, 2.75) is 45.3 Å². The molecular weight excluding hydrogens is 476 g/mol. The van der Waals surface area contributed by atoms with Gasteiger partial charge in [-0.25, -0.2) is 9.78 Å². The van der Waals surface area contributed by atoms with E-state index < -0.39 is 29.5 Å². The number of phenols is 1. The highest BCUT2D eigenvalue weighted by molar-refractivity contribution is 5.89. The van der Waals surface area contributed by atoms with E-state index in [0.29, 0.717) is 0 Å². The summed E-state index contributed by atoms with van der Waals surface area (Å²) in [6, 6.07) is 8.67. The van der Waals surface area contributed by atoms with E-state index in [2.05, 4.69) is 25.3 Å². The first-order valence-electron chi connectivity index (χ1n) is 11.8. The number of phenolic OH excluding ortho intramolecular Hbond substituents is 1. The molecule has 1 aliphatic heterocycles. The molecule has 0 spiro atoms. The van der Waals surface area contributed by atoms with Crippen LogP contribution in [0.25, 0.3) is 11.2 Å². The number of fused-ring (bicyclic) bond motifs is 2. The van der Waals surface area contributed by atoms with Crippen LogP contribution in [0.3, 0.4) is 0 Å². The Morgan fingerprint density at radius 1 is 1.19 bits per heavy atom. The minimum atomic E-state index is -1.09. The third-order valence-electron chi connectivity index (χ3n) is 6.81. The molecule has 0 radical (unpaired) electrons. The molecule has 2 aromatic heterocycles. The summed E-state index contributed by atoms with van der Waals surface area (Å²) >= 11 is 0. The van der Waals surface area contributed by atoms with Crippen molar-refractivity contribution in [3.8, 4) is 5.75 Å². The molecule has 3 heterocycles. The van der Waals surface area contributed by atoms with E-state index in [1.165, 1.54) is 11.2 Å². The van der Waals surface area contributed by atoms with Gasteiger partial charge in [0.1, 0.15) is 17.8 Å². The van der Waals surface area contributed by atoms with E-state index in [4.69, 9.17) is 0 Å². The first-order chi connectivity index (χ1) is 17.7. The van der Waals surface area contributed by atoms with Crippen LogP contribution < -0.4 is 10.9 Å². The zero-order chi connectivity index (χ0) is 26.3. The summed E-state index contributed by atoms with van der Waals surface area (Å²) < 4.78 is 0. The van der Waals surface area contributed by atoms with Gasteiger partial charge in [-0.3, -0.25) is 14.6 Å². The molecule has 0 fully saturated rings. The SMILES string of the molecule is Cc1cc(O)cc(C)c1C[C@H](Nc1nc2nc[nH]c2c(=O)[nH]1)C(=O)N1Cc2ccccc2CC1C(=O)O. The second kappa shape index (κ2) is 9.41. The number of carbonyl (C=O) groups is 2. The molecule has 11 nitrogen and oxygen atoms in total. The van der Waals surface area contributed by atoms with Gasteiger partial charge in [-0.2, -0.15) is 4.98 Å². The minimum absolute atomic E-state index is 0.0429. The van der Waals surface area contributed by atoms with Gasteiger partial charge in [0, 0.05) is 19.4 Å². The number of nitrogens with one attached hydrogen (secondary N) is 3. The maximum Gasteiger partial charge on any atom is 0.326 e. The molecule has 4 aromatic rings. The molecule has 0 saturated heterocycles. The summed E-state index contributed by atoms with van der Waals surface area (Å²) in [5, 5.41) is 23.0. The Kier molecular flexibility index (Phi) is 6.12. The van der Waals surface area contributed by atoms with Crippen LogP contribution in [-0.2, 0) is 29.0 Å². The van der Waals surface area contributed by atoms with Gasteiger partial charge < -0.3 is 25.4 Å². The highest BCUT2D eigenvalue weighted by Crippen LogP contribution is 2.27. The fourth-order valence-corrected chi connectivity index (χ4v) is 4.95. The number of rotatable bonds is 6. The molecule has 11 heteroatoms. The van der Waals surface area contributed by atoms with E-state index in [0.717, 1.165) is 27.8 Å². The molecule has 1 unspecified atom stereocenters. The Morgan fingerprint density at radius 2 is 1.89 bits per heavy atom. The third kappa shape index (κ3) is 4.63. The van der Waals surface area contributed by atoms with Crippen molar-refractivity contribution in [2.75, 3.05) is 5.32 Å². The van der Waals surface area contributed by atoms with Crippen LogP contribution in [0, 0.1) is 13.8 Å². The molecular formula is C26H26N6O5. The average Bonchev–Trinajstić information content (AvgIpc) is 3.33. The van der Waals surface area contributed by atoms with Gasteiger partial charge in [0.05, 0.1) is 6.33 Å². The van der Waals surface area contributed by atoms with Crippen molar-refractivity contribution in [2.24, 2.45) is 0 Å². The van der Waals surface area contributed by atoms with E-state index in [1.54, 1.807) is 12.1 Å². The lowest BCUT2D eigenvalue weighted by Gasteiger charge is -2.37. The van der Waals surface area contributed by atoms with Crippen molar-refractivity contribution in [3.05, 3.63) is 80.9 Å². The first-order valence-corrected chi connectivity index (χ1v) is 11.8. The predicted molar refractivity (Wildman–Crippen MR) is 135 cm³/mol. The summed E-state index contributed by atoms with van der Waals surface area (Å²) in [5.41, 5.74) is 4.08. The number of benzene rings is 2. The molecule has 1 amide bonds. The summed E-state index contributed by atoms with van der Waals surface area (Å²) in [7, 11) is 0. The number of aromatic amines is 2. The number of imidazole rings is 1. The van der Waals surface area contributed by atoms with Crippen LogP contribution in [0.2, 0.25) is 0 Å². The lowest BCUT2D eigenvalue weighted by molar-refractivity contribution is -0.151. The largest absolute Gasteiger partial charge is 0.508 e. The maximum absolute atomic E-state index is 14.0. The van der Waals surface area contributed by atoms with Crippen molar-refractivity contribution in [1.82, 2.24) is 24.8 Å². The summed E-state index contributed by atoms with van der Waals surface area (Å²) in [5.74, 6) is -1.38. The number of anilines is 1. The topological polar surface area (TPSA) is 164 Å². The number of aromatic nitrogens is 4. The highest BCUT2D eigenvalue weighted by atomic mass is 16.4. The molecule has 0 bridgehead atoms. The molecule has 37 heavy (non-hydrogen) atoms. The predicted octanol–water partition coefficient (Wildman–Crippen LogP) is 2.03. The molecule has 190 valence electrons. The normalized spacial score (nSPS) is 15.8. The number of aliphatic carboxylic acids is 1. The summed E-state index contributed by atoms with van der Waals surface area (Å²) in [6.45, 7) is 3.80. The van der Waals surface area contributed by atoms with Crippen molar-refractivity contribution >= 4 is 29.0 Å². The Morgan fingerprint density at radius 3 is 2.59 bits per heavy atom. The number of hydrogen-bond acceptors (Lipinski definition) is 7. The van der Waals surface area contributed by atoms with E-state index in [9.17, 15) is 24.6 Å². The van der Waals surface area contributed by atoms with E-state index in [-0.39, 0.29) is 42.2 Å². The quantitative estimate of drug-likeness (QED) is 0.267. The van der Waals surface area contributed by atoms with Crippen molar-refractivity contribution in [1.29, 1.82) is 0 Å². The van der Waals surface area contributed by atoms with Gasteiger partial charge in [0.2, 0.25) is 11.9 Å². The smallest absolute Gasteiger partial charge is 0.326 e. The number of aromatic hydroxyl groups is 1. The van der Waals surface area contributed by atoms with Gasteiger partial charge >= 0.3 is 5.97 Å². The van der Waals surface area contributed by atoms with Crippen molar-refractivity contribution in [3.63, 3.8) is 0 Å². The molecule has 2 aromatic carbocycles. The fourth-order valence-electron chi connectivity index (χ4n) is 4.95. The third-order valence-corrected chi connectivity index (χ3v) is 6.81. The number of hydrogen-bond donors (Lipinski definition) is 5. The lowest BCUT2D eigenvalue weighted by Crippen LogP contribution is -2.54. The number of carbonyl (C=O) groups excluding carboxylic acids is 1. The number of nitrogens with zero attached hydrogens (tertiary/aromatic N) is 3. The number of aryl methyl sites for hydroxylation is 2. The molecule has 0 saturated carbocycles. The second-order valence-electron chi connectivity index (χ2n) is 9.27. The molecule has 5 rings (SSSR count). The van der Waals surface area contributed by atoms with E-state index >= 15 is 0 Å². The number of carboxylic acid groups (broad SMARTS) is 1. The van der Waals surface area contributed by atoms with Crippen molar-refractivity contribution < 1.29 is 19.8 Å².